The van der Waals surface area contributed by atoms with Crippen molar-refractivity contribution in [3.63, 3.8) is 0 Å². The molecule has 2 saturated carbocycles. The highest BCUT2D eigenvalue weighted by Crippen LogP contribution is 2.59. The molecule has 8 heteroatoms. The van der Waals surface area contributed by atoms with Crippen LogP contribution in [0.3, 0.4) is 0 Å². The Hall–Kier alpha value is -2.52. The molecule has 8 atom stereocenters. The number of hydrogen-bond acceptors (Lipinski definition) is 8. The summed E-state index contributed by atoms with van der Waals surface area (Å²) in [5.41, 5.74) is 3.27. The van der Waals surface area contributed by atoms with Crippen LogP contribution in [0, 0.1) is 5.92 Å². The van der Waals surface area contributed by atoms with Crippen LogP contribution in [0.5, 0.6) is 23.0 Å². The lowest BCUT2D eigenvalue weighted by atomic mass is 9.62. The van der Waals surface area contributed by atoms with Gasteiger partial charge in [0.1, 0.15) is 0 Å². The van der Waals surface area contributed by atoms with Crippen molar-refractivity contribution in [2.45, 2.75) is 105 Å². The number of likely N-dealkylation sites (tertiary alicyclic amines) is 3. The summed E-state index contributed by atoms with van der Waals surface area (Å²) in [6, 6.07) is 15.7. The van der Waals surface area contributed by atoms with E-state index in [-0.39, 0.29) is 16.4 Å². The summed E-state index contributed by atoms with van der Waals surface area (Å²) in [5, 5.41) is 0. The van der Waals surface area contributed by atoms with Gasteiger partial charge in [-0.2, -0.15) is 0 Å². The van der Waals surface area contributed by atoms with E-state index in [1.54, 1.807) is 28.4 Å². The van der Waals surface area contributed by atoms with E-state index in [9.17, 15) is 0 Å². The minimum atomic E-state index is 0.113. The predicted octanol–water partition coefficient (Wildman–Crippen LogP) is 5.89. The van der Waals surface area contributed by atoms with E-state index in [1.807, 2.05) is 0 Å². The molecule has 0 aromatic heterocycles. The van der Waals surface area contributed by atoms with Crippen molar-refractivity contribution in [3.8, 4) is 23.0 Å². The van der Waals surface area contributed by atoms with Gasteiger partial charge in [0.05, 0.1) is 40.6 Å². The van der Waals surface area contributed by atoms with Crippen molar-refractivity contribution in [2.75, 3.05) is 68.8 Å². The molecule has 6 aliphatic rings. The smallest absolute Gasteiger partial charge is 0.161 e. The van der Waals surface area contributed by atoms with Crippen molar-refractivity contribution in [1.29, 1.82) is 0 Å². The molecule has 0 radical (unpaired) electrons. The van der Waals surface area contributed by atoms with Crippen LogP contribution in [0.25, 0.3) is 0 Å². The van der Waals surface area contributed by atoms with Crippen molar-refractivity contribution in [2.24, 2.45) is 5.92 Å². The van der Waals surface area contributed by atoms with Crippen LogP contribution >= 0.6 is 0 Å². The van der Waals surface area contributed by atoms with Gasteiger partial charge in [-0.25, -0.2) is 0 Å². The zero-order chi connectivity index (χ0) is 33.3. The maximum absolute atomic E-state index is 6.14. The van der Waals surface area contributed by atoms with Crippen LogP contribution in [0.2, 0.25) is 0 Å². The fraction of sp³-hybridized carbons (Fsp3) is 0.700. The van der Waals surface area contributed by atoms with Crippen LogP contribution in [-0.2, 0) is 15.6 Å². The van der Waals surface area contributed by atoms with Crippen molar-refractivity contribution in [3.05, 3.63) is 47.5 Å². The maximum atomic E-state index is 6.14. The Morgan fingerprint density at radius 1 is 0.708 bits per heavy atom. The highest BCUT2D eigenvalue weighted by atomic mass is 16.6. The van der Waals surface area contributed by atoms with Gasteiger partial charge in [0.25, 0.3) is 0 Å². The Bertz CT molecular complexity index is 1500. The number of rotatable bonds is 8. The van der Waals surface area contributed by atoms with Crippen LogP contribution in [0.1, 0.15) is 75.3 Å². The fourth-order valence-corrected chi connectivity index (χ4v) is 11.5. The van der Waals surface area contributed by atoms with Gasteiger partial charge in [-0.1, -0.05) is 12.1 Å². The third-order valence-corrected chi connectivity index (χ3v) is 14.3. The molecule has 2 aromatic carbocycles. The molecule has 0 bridgehead atoms. The molecule has 4 aliphatic heterocycles. The number of piperidine rings is 1. The Kier molecular flexibility index (Phi) is 8.41. The largest absolute Gasteiger partial charge is 0.493 e. The number of methoxy groups -OCH3 is 4. The van der Waals surface area contributed by atoms with Gasteiger partial charge in [0, 0.05) is 41.5 Å². The average Bonchev–Trinajstić information content (AvgIpc) is 3.71. The number of epoxide rings is 1. The Labute approximate surface area is 288 Å². The molecule has 0 N–H and O–H groups in total. The molecular formula is C40H57N3O5. The van der Waals surface area contributed by atoms with E-state index in [1.165, 1.54) is 75.6 Å². The molecule has 8 rings (SSSR count). The van der Waals surface area contributed by atoms with Crippen molar-refractivity contribution < 1.29 is 23.7 Å². The first-order valence-corrected chi connectivity index (χ1v) is 18.5. The number of fused-ring (bicyclic) bond motifs is 2. The summed E-state index contributed by atoms with van der Waals surface area (Å²) in [7, 11) is 11.8. The average molecular weight is 660 g/mol. The lowest BCUT2D eigenvalue weighted by molar-refractivity contribution is 0.0300. The lowest BCUT2D eigenvalue weighted by Crippen LogP contribution is -2.55. The molecule has 8 unspecified atom stereocenters. The van der Waals surface area contributed by atoms with E-state index in [2.05, 4.69) is 65.2 Å². The molecule has 1 spiro atoms. The third-order valence-electron chi connectivity index (χ3n) is 14.3. The summed E-state index contributed by atoms with van der Waals surface area (Å²) < 4.78 is 29.0. The summed E-state index contributed by atoms with van der Waals surface area (Å²) in [4.78, 5) is 8.38. The predicted molar refractivity (Wildman–Crippen MR) is 188 cm³/mol. The Morgan fingerprint density at radius 2 is 1.38 bits per heavy atom. The topological polar surface area (TPSA) is 59.2 Å². The minimum Gasteiger partial charge on any atom is -0.493 e. The minimum absolute atomic E-state index is 0.113. The zero-order valence-electron chi connectivity index (χ0n) is 30.1. The number of hydrogen-bond donors (Lipinski definition) is 0. The van der Waals surface area contributed by atoms with Crippen molar-refractivity contribution in [1.82, 2.24) is 14.7 Å². The highest BCUT2D eigenvalue weighted by molar-refractivity contribution is 5.48. The van der Waals surface area contributed by atoms with E-state index in [4.69, 9.17) is 23.7 Å². The van der Waals surface area contributed by atoms with Gasteiger partial charge in [-0.3, -0.25) is 9.80 Å². The first-order valence-electron chi connectivity index (χ1n) is 18.5. The quantitative estimate of drug-likeness (QED) is 0.326. The number of benzene rings is 2. The van der Waals surface area contributed by atoms with Gasteiger partial charge in [-0.15, -0.1) is 0 Å². The maximum Gasteiger partial charge on any atom is 0.161 e. The standard InChI is InChI=1S/C40H57N3O5/c1-41-19-17-39(28-9-11-32(44-3)34(20-28)46-5)14-13-30(22-36(39)41)43-18-7-8-27(25-43)31-23-40(29-10-12-33(45-4)35(21-29)47-6)16-15-38(26-48-38)24-37(40)42(31)2/h9-12,20-21,27,30-31,36-37H,7-8,13-19,22-26H2,1-6H3. The Morgan fingerprint density at radius 3 is 2.02 bits per heavy atom. The van der Waals surface area contributed by atoms with Crippen LogP contribution in [0.15, 0.2) is 36.4 Å². The number of likely N-dealkylation sites (N-methyl/N-ethyl adjacent to an activating group) is 2. The molecular weight excluding hydrogens is 602 g/mol. The van der Waals surface area contributed by atoms with E-state index in [0.717, 1.165) is 49.0 Å². The first-order chi connectivity index (χ1) is 23.3. The zero-order valence-corrected chi connectivity index (χ0v) is 30.1. The van der Waals surface area contributed by atoms with E-state index >= 15 is 0 Å². The van der Waals surface area contributed by atoms with Crippen LogP contribution in [0.4, 0.5) is 0 Å². The second-order valence-corrected chi connectivity index (χ2v) is 16.2. The molecule has 2 aliphatic carbocycles. The van der Waals surface area contributed by atoms with Crippen LogP contribution in [-0.4, -0.2) is 113 Å². The lowest BCUT2D eigenvalue weighted by Gasteiger charge is -2.50. The number of ether oxygens (including phenoxy) is 5. The summed E-state index contributed by atoms with van der Waals surface area (Å²) in [6.07, 6.45) is 12.3. The van der Waals surface area contributed by atoms with Gasteiger partial charge >= 0.3 is 0 Å². The molecule has 6 fully saturated rings. The normalized spacial score (nSPS) is 38.4. The van der Waals surface area contributed by atoms with Crippen molar-refractivity contribution >= 4 is 0 Å². The SMILES string of the molecule is COc1ccc(C23CCC(N4CCCC(C5CC6(c7ccc(OC)c(OC)c7)CCC7(CO7)CC6N5C)C4)CC2N(C)CC3)cc1OC. The molecule has 8 nitrogen and oxygen atoms in total. The fourth-order valence-electron chi connectivity index (χ4n) is 11.5. The molecule has 4 saturated heterocycles. The van der Waals surface area contributed by atoms with Crippen LogP contribution < -0.4 is 18.9 Å². The second-order valence-electron chi connectivity index (χ2n) is 16.2. The summed E-state index contributed by atoms with van der Waals surface area (Å²) in [5.74, 6) is 4.01. The third kappa shape index (κ3) is 5.15. The first kappa shape index (κ1) is 32.7. The number of nitrogens with zero attached hydrogens (tertiary/aromatic N) is 3. The van der Waals surface area contributed by atoms with Gasteiger partial charge in [0.15, 0.2) is 23.0 Å². The Balaban J connectivity index is 1.02. The summed E-state index contributed by atoms with van der Waals surface area (Å²) >= 11 is 0. The van der Waals surface area contributed by atoms with Gasteiger partial charge < -0.3 is 28.6 Å². The second kappa shape index (κ2) is 12.4. The van der Waals surface area contributed by atoms with Gasteiger partial charge in [-0.05, 0) is 133 Å². The van der Waals surface area contributed by atoms with Gasteiger partial charge in [0.2, 0.25) is 0 Å². The molecule has 262 valence electrons. The monoisotopic (exact) mass is 659 g/mol. The molecule has 2 aromatic rings. The molecule has 48 heavy (non-hydrogen) atoms. The summed E-state index contributed by atoms with van der Waals surface area (Å²) in [6.45, 7) is 4.55. The van der Waals surface area contributed by atoms with E-state index < -0.39 is 0 Å². The highest BCUT2D eigenvalue weighted by Gasteiger charge is 2.62. The molecule has 4 heterocycles. The molecule has 0 amide bonds. The van der Waals surface area contributed by atoms with E-state index in [0.29, 0.717) is 30.1 Å².